The van der Waals surface area contributed by atoms with E-state index in [0.717, 1.165) is 11.8 Å². The van der Waals surface area contributed by atoms with Gasteiger partial charge in [-0.15, -0.1) is 6.58 Å². The zero-order valence-electron chi connectivity index (χ0n) is 7.92. The van der Waals surface area contributed by atoms with Crippen LogP contribution in [0, 0.1) is 5.41 Å². The Morgan fingerprint density at radius 2 is 2.46 bits per heavy atom. The molecule has 1 rings (SSSR count). The van der Waals surface area contributed by atoms with E-state index in [-0.39, 0.29) is 5.41 Å². The smallest absolute Gasteiger partial charge is 0.0120 e. The van der Waals surface area contributed by atoms with E-state index in [1.165, 1.54) is 12.0 Å². The summed E-state index contributed by atoms with van der Waals surface area (Å²) in [6.45, 7) is 6.11. The minimum absolute atomic E-state index is 0.238. The first-order valence-electron chi connectivity index (χ1n) is 4.41. The second-order valence-electron chi connectivity index (χ2n) is 3.62. The predicted molar refractivity (Wildman–Crippen MR) is 64.7 cm³/mol. The standard InChI is InChI=1S/C11H15BrS/c1-3-11(2,9-12)6-4-10-5-7-13-8-10/h3,5,7-8H,1,4,6,9H2,2H3. The van der Waals surface area contributed by atoms with E-state index >= 15 is 0 Å². The summed E-state index contributed by atoms with van der Waals surface area (Å²) >= 11 is 5.30. The molecular weight excluding hydrogens is 244 g/mol. The van der Waals surface area contributed by atoms with Gasteiger partial charge in [-0.3, -0.25) is 0 Å². The van der Waals surface area contributed by atoms with Gasteiger partial charge in [0.15, 0.2) is 0 Å². The zero-order chi connectivity index (χ0) is 9.73. The molecule has 0 fully saturated rings. The normalized spacial score (nSPS) is 15.2. The summed E-state index contributed by atoms with van der Waals surface area (Å²) in [6.07, 6.45) is 4.37. The Kier molecular flexibility index (Phi) is 4.20. The summed E-state index contributed by atoms with van der Waals surface area (Å²) in [5.41, 5.74) is 1.68. The van der Waals surface area contributed by atoms with Gasteiger partial charge in [0, 0.05) is 5.33 Å². The lowest BCUT2D eigenvalue weighted by Gasteiger charge is -2.22. The van der Waals surface area contributed by atoms with Gasteiger partial charge in [-0.2, -0.15) is 11.3 Å². The second kappa shape index (κ2) is 4.97. The van der Waals surface area contributed by atoms with Crippen molar-refractivity contribution in [1.82, 2.24) is 0 Å². The lowest BCUT2D eigenvalue weighted by Crippen LogP contribution is -2.15. The fraction of sp³-hybridized carbons (Fsp3) is 0.455. The Balaban J connectivity index is 2.45. The Bertz CT molecular complexity index is 253. The van der Waals surface area contributed by atoms with Gasteiger partial charge in [0.05, 0.1) is 0 Å². The molecule has 0 amide bonds. The van der Waals surface area contributed by atoms with E-state index in [9.17, 15) is 0 Å². The van der Waals surface area contributed by atoms with Gasteiger partial charge in [-0.25, -0.2) is 0 Å². The van der Waals surface area contributed by atoms with Crippen molar-refractivity contribution < 1.29 is 0 Å². The highest BCUT2D eigenvalue weighted by Gasteiger charge is 2.17. The average Bonchev–Trinajstić information content (AvgIpc) is 2.67. The molecule has 13 heavy (non-hydrogen) atoms. The van der Waals surface area contributed by atoms with Gasteiger partial charge >= 0.3 is 0 Å². The molecular formula is C11H15BrS. The van der Waals surface area contributed by atoms with Crippen LogP contribution < -0.4 is 0 Å². The summed E-state index contributed by atoms with van der Waals surface area (Å²) in [4.78, 5) is 0. The number of hydrogen-bond acceptors (Lipinski definition) is 1. The summed E-state index contributed by atoms with van der Waals surface area (Å²) in [6, 6.07) is 2.20. The van der Waals surface area contributed by atoms with Crippen molar-refractivity contribution in [3.05, 3.63) is 35.0 Å². The Labute approximate surface area is 92.8 Å². The predicted octanol–water partition coefficient (Wildman–Crippen LogP) is 4.27. The number of alkyl halides is 1. The van der Waals surface area contributed by atoms with Crippen molar-refractivity contribution in [3.63, 3.8) is 0 Å². The lowest BCUT2D eigenvalue weighted by molar-refractivity contribution is 0.452. The summed E-state index contributed by atoms with van der Waals surface area (Å²) in [7, 11) is 0. The van der Waals surface area contributed by atoms with Crippen molar-refractivity contribution in [2.75, 3.05) is 5.33 Å². The first-order chi connectivity index (χ1) is 6.20. The average molecular weight is 259 g/mol. The minimum atomic E-state index is 0.238. The number of allylic oxidation sites excluding steroid dienone is 1. The van der Waals surface area contributed by atoms with E-state index in [1.54, 1.807) is 11.3 Å². The molecule has 0 saturated heterocycles. The molecule has 1 aromatic heterocycles. The molecule has 0 aliphatic carbocycles. The van der Waals surface area contributed by atoms with E-state index in [0.29, 0.717) is 0 Å². The molecule has 2 heteroatoms. The zero-order valence-corrected chi connectivity index (χ0v) is 10.3. The van der Waals surface area contributed by atoms with Gasteiger partial charge in [0.2, 0.25) is 0 Å². The number of hydrogen-bond donors (Lipinski definition) is 0. The quantitative estimate of drug-likeness (QED) is 0.547. The molecule has 0 saturated carbocycles. The van der Waals surface area contributed by atoms with Crippen LogP contribution >= 0.6 is 27.3 Å². The van der Waals surface area contributed by atoms with E-state index in [2.05, 4.69) is 46.3 Å². The van der Waals surface area contributed by atoms with Crippen LogP contribution in [0.1, 0.15) is 18.9 Å². The first-order valence-corrected chi connectivity index (χ1v) is 6.47. The van der Waals surface area contributed by atoms with E-state index in [1.807, 2.05) is 6.08 Å². The van der Waals surface area contributed by atoms with Crippen molar-refractivity contribution >= 4 is 27.3 Å². The fourth-order valence-corrected chi connectivity index (χ4v) is 2.30. The second-order valence-corrected chi connectivity index (χ2v) is 4.96. The Morgan fingerprint density at radius 3 is 2.92 bits per heavy atom. The van der Waals surface area contributed by atoms with Crippen LogP contribution in [0.25, 0.3) is 0 Å². The highest BCUT2D eigenvalue weighted by Crippen LogP contribution is 2.27. The number of halogens is 1. The maximum absolute atomic E-state index is 3.88. The third-order valence-electron chi connectivity index (χ3n) is 2.36. The number of thiophene rings is 1. The van der Waals surface area contributed by atoms with E-state index in [4.69, 9.17) is 0 Å². The molecule has 72 valence electrons. The molecule has 1 atom stereocenters. The van der Waals surface area contributed by atoms with E-state index < -0.39 is 0 Å². The summed E-state index contributed by atoms with van der Waals surface area (Å²) in [5, 5.41) is 5.35. The van der Waals surface area contributed by atoms with Crippen LogP contribution in [0.4, 0.5) is 0 Å². The lowest BCUT2D eigenvalue weighted by atomic mass is 9.87. The van der Waals surface area contributed by atoms with Crippen molar-refractivity contribution in [3.8, 4) is 0 Å². The van der Waals surface area contributed by atoms with Gasteiger partial charge in [-0.1, -0.05) is 28.9 Å². The van der Waals surface area contributed by atoms with Crippen molar-refractivity contribution in [2.45, 2.75) is 19.8 Å². The molecule has 0 aromatic carbocycles. The highest BCUT2D eigenvalue weighted by atomic mass is 79.9. The molecule has 0 aliphatic heterocycles. The molecule has 0 aliphatic rings. The largest absolute Gasteiger partial charge is 0.152 e. The number of rotatable bonds is 5. The number of aryl methyl sites for hydroxylation is 1. The summed E-state index contributed by atoms with van der Waals surface area (Å²) in [5.74, 6) is 0. The maximum atomic E-state index is 3.88. The third-order valence-corrected chi connectivity index (χ3v) is 4.38. The van der Waals surface area contributed by atoms with Gasteiger partial charge in [0.25, 0.3) is 0 Å². The van der Waals surface area contributed by atoms with Crippen molar-refractivity contribution in [1.29, 1.82) is 0 Å². The van der Waals surface area contributed by atoms with Crippen molar-refractivity contribution in [2.24, 2.45) is 5.41 Å². The van der Waals surface area contributed by atoms with Gasteiger partial charge in [-0.05, 0) is 40.6 Å². The summed E-state index contributed by atoms with van der Waals surface area (Å²) < 4.78 is 0. The molecule has 0 radical (unpaired) electrons. The molecule has 0 nitrogen and oxygen atoms in total. The molecule has 1 aromatic rings. The molecule has 0 spiro atoms. The minimum Gasteiger partial charge on any atom is -0.152 e. The van der Waals surface area contributed by atoms with Crippen LogP contribution in [-0.2, 0) is 6.42 Å². The SMILES string of the molecule is C=CC(C)(CBr)CCc1ccsc1. The molecule has 0 bridgehead atoms. The highest BCUT2D eigenvalue weighted by molar-refractivity contribution is 9.09. The van der Waals surface area contributed by atoms with Crippen LogP contribution in [-0.4, -0.2) is 5.33 Å². The molecule has 0 N–H and O–H groups in total. The van der Waals surface area contributed by atoms with Crippen LogP contribution in [0.15, 0.2) is 29.5 Å². The monoisotopic (exact) mass is 258 g/mol. The Hall–Kier alpha value is -0.0800. The van der Waals surface area contributed by atoms with Gasteiger partial charge < -0.3 is 0 Å². The van der Waals surface area contributed by atoms with Crippen LogP contribution in [0.2, 0.25) is 0 Å². The maximum Gasteiger partial charge on any atom is 0.0120 e. The van der Waals surface area contributed by atoms with Crippen LogP contribution in [0.3, 0.4) is 0 Å². The van der Waals surface area contributed by atoms with Gasteiger partial charge in [0.1, 0.15) is 0 Å². The Morgan fingerprint density at radius 1 is 1.69 bits per heavy atom. The van der Waals surface area contributed by atoms with Crippen LogP contribution in [0.5, 0.6) is 0 Å². The first kappa shape index (κ1) is 11.0. The third kappa shape index (κ3) is 3.28. The molecule has 1 unspecified atom stereocenters. The topological polar surface area (TPSA) is 0 Å². The molecule has 1 heterocycles. The fourth-order valence-electron chi connectivity index (χ4n) is 1.09.